The standard InChI is InChI=1S/C3H6N6.OSi/c4-1-7-2(5)9-3(6)8-1;1-2/h(H6,4,5,6,7,8,9);. The number of nitrogens with zero attached hydrogens (tertiary/aromatic N) is 3. The van der Waals surface area contributed by atoms with E-state index < -0.39 is 0 Å². The third-order valence-corrected chi connectivity index (χ3v) is 0.687. The fourth-order valence-corrected chi connectivity index (χ4v) is 0.427. The van der Waals surface area contributed by atoms with Crippen molar-refractivity contribution in [2.24, 2.45) is 0 Å². The summed E-state index contributed by atoms with van der Waals surface area (Å²) in [4.78, 5) is 10.5. The Balaban J connectivity index is 0.000000461. The molecule has 11 heavy (non-hydrogen) atoms. The summed E-state index contributed by atoms with van der Waals surface area (Å²) < 4.78 is 8.06. The molecule has 6 N–H and O–H groups in total. The molecule has 8 heteroatoms. The van der Waals surface area contributed by atoms with E-state index >= 15 is 0 Å². The van der Waals surface area contributed by atoms with Gasteiger partial charge in [0.1, 0.15) is 0 Å². The van der Waals surface area contributed by atoms with Gasteiger partial charge in [0.2, 0.25) is 17.8 Å². The fraction of sp³-hybridized carbons (Fsp3) is 0. The second-order valence-corrected chi connectivity index (χ2v) is 1.41. The zero-order valence-corrected chi connectivity index (χ0v) is 6.48. The van der Waals surface area contributed by atoms with Crippen molar-refractivity contribution >= 4 is 28.0 Å². The zero-order valence-electron chi connectivity index (χ0n) is 5.48. The third-order valence-electron chi connectivity index (χ3n) is 0.687. The van der Waals surface area contributed by atoms with Crippen molar-refractivity contribution in [1.29, 1.82) is 0 Å². The van der Waals surface area contributed by atoms with Gasteiger partial charge >= 0.3 is 10.1 Å². The predicted molar refractivity (Wildman–Crippen MR) is 39.5 cm³/mol. The molecule has 2 radical (unpaired) electrons. The molecule has 0 bridgehead atoms. The van der Waals surface area contributed by atoms with Gasteiger partial charge in [0.05, 0.1) is 0 Å². The van der Waals surface area contributed by atoms with Crippen molar-refractivity contribution in [1.82, 2.24) is 15.0 Å². The smallest absolute Gasteiger partial charge is 0.381 e. The molecule has 0 aliphatic carbocycles. The van der Waals surface area contributed by atoms with Crippen molar-refractivity contribution in [2.75, 3.05) is 17.2 Å². The molecule has 0 aliphatic rings. The van der Waals surface area contributed by atoms with Crippen LogP contribution in [0.2, 0.25) is 0 Å². The van der Waals surface area contributed by atoms with Gasteiger partial charge < -0.3 is 21.7 Å². The van der Waals surface area contributed by atoms with Crippen LogP contribution in [0.3, 0.4) is 0 Å². The summed E-state index contributed by atoms with van der Waals surface area (Å²) in [7, 11) is 1.72. The van der Waals surface area contributed by atoms with E-state index in [1.54, 1.807) is 10.1 Å². The van der Waals surface area contributed by atoms with Crippen LogP contribution < -0.4 is 17.2 Å². The van der Waals surface area contributed by atoms with Crippen LogP contribution in [0, 0.1) is 0 Å². The van der Waals surface area contributed by atoms with E-state index in [4.69, 9.17) is 21.7 Å². The molecular weight excluding hydrogens is 164 g/mol. The highest BCUT2D eigenvalue weighted by Gasteiger charge is 1.93. The molecule has 1 heterocycles. The molecule has 1 rings (SSSR count). The van der Waals surface area contributed by atoms with E-state index in [2.05, 4.69) is 15.0 Å². The first-order chi connectivity index (χ1) is 5.18. The summed E-state index contributed by atoms with van der Waals surface area (Å²) in [6.45, 7) is 0. The third kappa shape index (κ3) is 3.20. The van der Waals surface area contributed by atoms with Crippen LogP contribution in [-0.2, 0) is 4.46 Å². The molecule has 0 fully saturated rings. The van der Waals surface area contributed by atoms with Crippen LogP contribution in [-0.4, -0.2) is 25.1 Å². The number of rotatable bonds is 0. The Morgan fingerprint density at radius 2 is 1.00 bits per heavy atom. The number of aromatic nitrogens is 3. The molecule has 7 nitrogen and oxygen atoms in total. The largest absolute Gasteiger partial charge is 0.381 e. The highest BCUT2D eigenvalue weighted by Crippen LogP contribution is 1.97. The van der Waals surface area contributed by atoms with Crippen LogP contribution in [0.25, 0.3) is 0 Å². The molecule has 1 aromatic heterocycles. The summed E-state index contributed by atoms with van der Waals surface area (Å²) >= 11 is 0. The summed E-state index contributed by atoms with van der Waals surface area (Å²) in [6.07, 6.45) is 0. The minimum absolute atomic E-state index is 0.0417. The molecule has 0 spiro atoms. The Hall–Kier alpha value is -1.57. The first-order valence-electron chi connectivity index (χ1n) is 2.41. The van der Waals surface area contributed by atoms with E-state index in [0.717, 1.165) is 0 Å². The highest BCUT2D eigenvalue weighted by molar-refractivity contribution is 5.85. The van der Waals surface area contributed by atoms with Gasteiger partial charge in [0, 0.05) is 0 Å². The molecule has 0 saturated heterocycles. The minimum atomic E-state index is 0.0417. The Labute approximate surface area is 65.5 Å². The number of hydrogen-bond donors (Lipinski definition) is 3. The molecular formula is C3H6N6OSi. The van der Waals surface area contributed by atoms with Crippen molar-refractivity contribution in [3.8, 4) is 0 Å². The second-order valence-electron chi connectivity index (χ2n) is 1.41. The lowest BCUT2D eigenvalue weighted by Crippen LogP contribution is -2.05. The van der Waals surface area contributed by atoms with E-state index in [-0.39, 0.29) is 17.8 Å². The maximum Gasteiger partial charge on any atom is 0.381 e. The second kappa shape index (κ2) is 4.28. The van der Waals surface area contributed by atoms with Crippen molar-refractivity contribution in [2.45, 2.75) is 0 Å². The lowest BCUT2D eigenvalue weighted by Gasteiger charge is -1.93. The van der Waals surface area contributed by atoms with Gasteiger partial charge in [-0.1, -0.05) is 0 Å². The summed E-state index contributed by atoms with van der Waals surface area (Å²) in [5, 5.41) is 0. The van der Waals surface area contributed by atoms with Gasteiger partial charge in [-0.3, -0.25) is 0 Å². The molecule has 1 aromatic rings. The molecule has 0 aromatic carbocycles. The van der Waals surface area contributed by atoms with Gasteiger partial charge in [0.15, 0.2) is 0 Å². The SMILES string of the molecule is Nc1nc(N)nc(N)n1.O=[Si]. The monoisotopic (exact) mass is 170 g/mol. The van der Waals surface area contributed by atoms with Gasteiger partial charge in [-0.2, -0.15) is 15.0 Å². The van der Waals surface area contributed by atoms with Gasteiger partial charge in [-0.05, 0) is 0 Å². The van der Waals surface area contributed by atoms with Crippen LogP contribution in [0.4, 0.5) is 17.8 Å². The molecule has 58 valence electrons. The molecule has 0 unspecified atom stereocenters. The van der Waals surface area contributed by atoms with E-state index in [1.165, 1.54) is 0 Å². The van der Waals surface area contributed by atoms with Gasteiger partial charge in [0.25, 0.3) is 0 Å². The number of hydrogen-bond acceptors (Lipinski definition) is 7. The topological polar surface area (TPSA) is 134 Å². The van der Waals surface area contributed by atoms with Crippen molar-refractivity contribution < 1.29 is 4.46 Å². The van der Waals surface area contributed by atoms with Crippen LogP contribution >= 0.6 is 0 Å². The molecule has 0 atom stereocenters. The van der Waals surface area contributed by atoms with Gasteiger partial charge in [-0.25, -0.2) is 0 Å². The first-order valence-corrected chi connectivity index (χ1v) is 2.82. The number of anilines is 3. The normalized spacial score (nSPS) is 8.00. The highest BCUT2D eigenvalue weighted by atomic mass is 28.1. The van der Waals surface area contributed by atoms with Crippen LogP contribution in [0.15, 0.2) is 0 Å². The van der Waals surface area contributed by atoms with E-state index in [0.29, 0.717) is 0 Å². The maximum atomic E-state index is 8.06. The molecule has 0 saturated carbocycles. The number of nitrogens with two attached hydrogens (primary N) is 3. The van der Waals surface area contributed by atoms with Gasteiger partial charge in [-0.15, -0.1) is 0 Å². The Bertz CT molecular complexity index is 191. The van der Waals surface area contributed by atoms with Crippen LogP contribution in [0.1, 0.15) is 0 Å². The number of nitrogen functional groups attached to an aromatic ring is 3. The fourth-order valence-electron chi connectivity index (χ4n) is 0.427. The maximum absolute atomic E-state index is 8.06. The van der Waals surface area contributed by atoms with Crippen LogP contribution in [0.5, 0.6) is 0 Å². The molecule has 0 aliphatic heterocycles. The van der Waals surface area contributed by atoms with Crippen molar-refractivity contribution in [3.63, 3.8) is 0 Å². The summed E-state index contributed by atoms with van der Waals surface area (Å²) in [5.74, 6) is 0.125. The van der Waals surface area contributed by atoms with Crippen molar-refractivity contribution in [3.05, 3.63) is 0 Å². The lowest BCUT2D eigenvalue weighted by molar-refractivity contribution is 0.590. The van der Waals surface area contributed by atoms with E-state index in [9.17, 15) is 0 Å². The van der Waals surface area contributed by atoms with E-state index in [1.807, 2.05) is 0 Å². The summed E-state index contributed by atoms with van der Waals surface area (Å²) in [6, 6.07) is 0. The molecule has 0 amide bonds. The minimum Gasteiger partial charge on any atom is -0.381 e. The Morgan fingerprint density at radius 1 is 0.818 bits per heavy atom. The lowest BCUT2D eigenvalue weighted by atomic mass is 10.9. The predicted octanol–water partition coefficient (Wildman–Crippen LogP) is -1.88. The first kappa shape index (κ1) is 9.43. The zero-order chi connectivity index (χ0) is 8.85. The quantitative estimate of drug-likeness (QED) is 0.388. The Morgan fingerprint density at radius 3 is 1.18 bits per heavy atom. The summed E-state index contributed by atoms with van der Waals surface area (Å²) in [5.41, 5.74) is 15.4. The average Bonchev–Trinajstić information content (AvgIpc) is 1.88. The average molecular weight is 170 g/mol. The Kier molecular flexibility index (Phi) is 3.66.